The van der Waals surface area contributed by atoms with Crippen molar-refractivity contribution in [3.63, 3.8) is 0 Å². The Labute approximate surface area is 93.7 Å². The van der Waals surface area contributed by atoms with Crippen molar-refractivity contribution in [3.8, 4) is 0 Å². The zero-order chi connectivity index (χ0) is 7.07. The van der Waals surface area contributed by atoms with Gasteiger partial charge >= 0.3 is 0 Å². The standard InChI is InChI=1S/2C4H5N.2BrH/c2*1-2-4-5-3-1;;/h2*1-5H;2*1H. The molecule has 2 aliphatic rings. The van der Waals surface area contributed by atoms with Gasteiger partial charge in [-0.25, -0.2) is 0 Å². The van der Waals surface area contributed by atoms with Gasteiger partial charge < -0.3 is 34.0 Å². The summed E-state index contributed by atoms with van der Waals surface area (Å²) in [5, 5.41) is 4.00. The van der Waals surface area contributed by atoms with Crippen LogP contribution in [0.25, 0.3) is 0 Å². The van der Waals surface area contributed by atoms with Gasteiger partial charge in [0, 0.05) is 0 Å². The molecule has 4 heteroatoms. The minimum absolute atomic E-state index is 0. The van der Waals surface area contributed by atoms with Gasteiger partial charge in [0.05, 0.1) is 24.8 Å². The highest BCUT2D eigenvalue weighted by Crippen LogP contribution is 1.68. The highest BCUT2D eigenvalue weighted by molar-refractivity contribution is 4.99. The van der Waals surface area contributed by atoms with Crippen molar-refractivity contribution >= 4 is 0 Å². The smallest absolute Gasteiger partial charge is 0.0973 e. The predicted octanol–water partition coefficient (Wildman–Crippen LogP) is -6.81. The molecule has 4 N–H and O–H groups in total. The zero-order valence-electron chi connectivity index (χ0n) is 6.53. The average Bonchev–Trinajstić information content (AvgIpc) is 2.67. The molecular weight excluding hydrogens is 284 g/mol. The van der Waals surface area contributed by atoms with Crippen LogP contribution in [0.4, 0.5) is 0 Å². The summed E-state index contributed by atoms with van der Waals surface area (Å²) >= 11 is 0. The Morgan fingerprint density at radius 3 is 0.833 bits per heavy atom. The van der Waals surface area contributed by atoms with Crippen molar-refractivity contribution in [1.82, 2.24) is 0 Å². The predicted molar refractivity (Wildman–Crippen MR) is 40.4 cm³/mol. The van der Waals surface area contributed by atoms with E-state index in [-0.39, 0.29) is 34.0 Å². The number of hydrogen-bond donors (Lipinski definition) is 2. The molecule has 0 atom stereocenters. The Hall–Kier alpha value is -0.160. The molecule has 0 bridgehead atoms. The van der Waals surface area contributed by atoms with Gasteiger partial charge in [0.2, 0.25) is 0 Å². The van der Waals surface area contributed by atoms with E-state index in [0.29, 0.717) is 0 Å². The number of hydrogen-bond acceptors (Lipinski definition) is 0. The number of allylic oxidation sites excluding steroid dienone is 4. The number of nitrogens with two attached hydrogens (primary N) is 2. The Morgan fingerprint density at radius 1 is 0.500 bits per heavy atom. The van der Waals surface area contributed by atoms with Gasteiger partial charge in [-0.2, -0.15) is 0 Å². The topological polar surface area (TPSA) is 33.2 Å². The summed E-state index contributed by atoms with van der Waals surface area (Å²) in [6, 6.07) is 0. The summed E-state index contributed by atoms with van der Waals surface area (Å²) < 4.78 is 0. The molecule has 0 amide bonds. The van der Waals surface area contributed by atoms with Crippen molar-refractivity contribution < 1.29 is 44.6 Å². The van der Waals surface area contributed by atoms with E-state index < -0.39 is 0 Å². The highest BCUT2D eigenvalue weighted by atomic mass is 79.9. The fourth-order valence-corrected chi connectivity index (χ4v) is 0.642. The maximum Gasteiger partial charge on any atom is 0.0973 e. The highest BCUT2D eigenvalue weighted by Gasteiger charge is 1.75. The molecule has 0 saturated heterocycles. The van der Waals surface area contributed by atoms with E-state index in [0.717, 1.165) is 0 Å². The summed E-state index contributed by atoms with van der Waals surface area (Å²) in [4.78, 5) is 0. The van der Waals surface area contributed by atoms with E-state index >= 15 is 0 Å². The number of rotatable bonds is 0. The average molecular weight is 296 g/mol. The second kappa shape index (κ2) is 10.8. The van der Waals surface area contributed by atoms with Crippen molar-refractivity contribution in [2.75, 3.05) is 0 Å². The minimum atomic E-state index is 0. The molecule has 2 heterocycles. The zero-order valence-corrected chi connectivity index (χ0v) is 9.70. The van der Waals surface area contributed by atoms with Gasteiger partial charge in [0.1, 0.15) is 0 Å². The third-order valence-corrected chi connectivity index (χ3v) is 1.11. The second-order valence-electron chi connectivity index (χ2n) is 1.92. The van der Waals surface area contributed by atoms with Crippen LogP contribution in [0.2, 0.25) is 0 Å². The first-order valence-corrected chi connectivity index (χ1v) is 3.33. The van der Waals surface area contributed by atoms with E-state index in [2.05, 4.69) is 0 Å². The van der Waals surface area contributed by atoms with Crippen LogP contribution in [0, 0.1) is 0 Å². The molecule has 0 aromatic carbocycles. The Balaban J connectivity index is 0. The van der Waals surface area contributed by atoms with Crippen LogP contribution in [0.1, 0.15) is 0 Å². The molecule has 12 heavy (non-hydrogen) atoms. The van der Waals surface area contributed by atoms with E-state index in [1.165, 1.54) is 0 Å². The van der Waals surface area contributed by atoms with Crippen LogP contribution < -0.4 is 44.6 Å². The maximum atomic E-state index is 2.00. The molecule has 0 aromatic heterocycles. The van der Waals surface area contributed by atoms with E-state index in [4.69, 9.17) is 0 Å². The van der Waals surface area contributed by atoms with Crippen LogP contribution in [0.5, 0.6) is 0 Å². The molecule has 2 nitrogen and oxygen atoms in total. The van der Waals surface area contributed by atoms with Crippen molar-refractivity contribution in [3.05, 3.63) is 49.1 Å². The number of quaternary nitrogens is 2. The summed E-state index contributed by atoms with van der Waals surface area (Å²) in [5.74, 6) is 0. The van der Waals surface area contributed by atoms with Crippen LogP contribution in [-0.4, -0.2) is 0 Å². The van der Waals surface area contributed by atoms with Gasteiger partial charge in [-0.1, -0.05) is 0 Å². The molecule has 0 fully saturated rings. The largest absolute Gasteiger partial charge is 1.00 e. The SMILES string of the molecule is C1=C[NH2+]C=C1.C1=C[NH2+]C=C1.[Br-].[Br-]. The molecule has 0 aromatic rings. The van der Waals surface area contributed by atoms with Gasteiger partial charge in [-0.15, -0.1) is 0 Å². The van der Waals surface area contributed by atoms with E-state index in [1.54, 1.807) is 0 Å². The normalized spacial score (nSPS) is 14.7. The third kappa shape index (κ3) is 7.94. The summed E-state index contributed by atoms with van der Waals surface area (Å²) in [7, 11) is 0. The van der Waals surface area contributed by atoms with E-state index in [1.807, 2.05) is 59.7 Å². The lowest BCUT2D eigenvalue weighted by Crippen LogP contribution is -3.00. The first-order chi connectivity index (χ1) is 5.00. The van der Waals surface area contributed by atoms with Gasteiger partial charge in [-0.05, 0) is 24.3 Å². The van der Waals surface area contributed by atoms with Crippen molar-refractivity contribution in [2.45, 2.75) is 0 Å². The first-order valence-electron chi connectivity index (χ1n) is 3.33. The maximum absolute atomic E-state index is 2.00. The molecule has 68 valence electrons. The molecule has 0 saturated carbocycles. The van der Waals surface area contributed by atoms with Gasteiger partial charge in [0.25, 0.3) is 0 Å². The van der Waals surface area contributed by atoms with Crippen LogP contribution in [0.3, 0.4) is 0 Å². The van der Waals surface area contributed by atoms with Crippen molar-refractivity contribution in [2.24, 2.45) is 0 Å². The lowest BCUT2D eigenvalue weighted by atomic mass is 10.6. The molecule has 0 spiro atoms. The summed E-state index contributed by atoms with van der Waals surface area (Å²) in [6.07, 6.45) is 16.0. The van der Waals surface area contributed by atoms with Gasteiger partial charge in [0.15, 0.2) is 0 Å². The minimum Gasteiger partial charge on any atom is -1.00 e. The van der Waals surface area contributed by atoms with Gasteiger partial charge in [-0.3, -0.25) is 10.6 Å². The fraction of sp³-hybridized carbons (Fsp3) is 0. The fourth-order valence-electron chi connectivity index (χ4n) is 0.642. The lowest BCUT2D eigenvalue weighted by Gasteiger charge is -1.61. The third-order valence-electron chi connectivity index (χ3n) is 1.11. The number of halogens is 2. The second-order valence-corrected chi connectivity index (χ2v) is 1.92. The lowest BCUT2D eigenvalue weighted by molar-refractivity contribution is -0.510. The van der Waals surface area contributed by atoms with Crippen LogP contribution in [-0.2, 0) is 0 Å². The molecular formula is C8H12Br2N2. The Bertz CT molecular complexity index is 153. The van der Waals surface area contributed by atoms with Crippen LogP contribution in [0.15, 0.2) is 49.1 Å². The monoisotopic (exact) mass is 294 g/mol. The summed E-state index contributed by atoms with van der Waals surface area (Å²) in [5.41, 5.74) is 0. The molecule has 2 aliphatic heterocycles. The van der Waals surface area contributed by atoms with E-state index in [9.17, 15) is 0 Å². The summed E-state index contributed by atoms with van der Waals surface area (Å²) in [6.45, 7) is 0. The van der Waals surface area contributed by atoms with Crippen LogP contribution >= 0.6 is 0 Å². The van der Waals surface area contributed by atoms with Crippen molar-refractivity contribution in [1.29, 1.82) is 0 Å². The first kappa shape index (κ1) is 14.4. The molecule has 0 radical (unpaired) electrons. The Kier molecular flexibility index (Phi) is 13.0. The Morgan fingerprint density at radius 2 is 0.750 bits per heavy atom. The quantitative estimate of drug-likeness (QED) is 0.446. The molecule has 0 aliphatic carbocycles. The molecule has 0 unspecified atom stereocenters. The molecule has 2 rings (SSSR count).